The maximum atomic E-state index is 13.9. The number of hydrogen-bond acceptors (Lipinski definition) is 4. The molecule has 3 fully saturated rings. The fraction of sp³-hybridized carbons (Fsp3) is 0.542. The topological polar surface area (TPSA) is 63.7 Å². The van der Waals surface area contributed by atoms with E-state index in [2.05, 4.69) is 19.6 Å². The molecule has 158 valence electrons. The molecule has 30 heavy (non-hydrogen) atoms. The Hall–Kier alpha value is -2.21. The van der Waals surface area contributed by atoms with Crippen LogP contribution in [0.1, 0.15) is 24.8 Å². The number of imide groups is 1. The van der Waals surface area contributed by atoms with Crippen molar-refractivity contribution in [3.63, 3.8) is 0 Å². The van der Waals surface area contributed by atoms with Gasteiger partial charge in [-0.1, -0.05) is 50.0 Å². The Bertz CT molecular complexity index is 948. The van der Waals surface area contributed by atoms with Crippen molar-refractivity contribution in [2.75, 3.05) is 6.61 Å². The molecule has 4 aliphatic rings. The third kappa shape index (κ3) is 2.91. The first-order chi connectivity index (χ1) is 14.3. The highest BCUT2D eigenvalue weighted by Gasteiger charge is 2.60. The third-order valence-electron chi connectivity index (χ3n) is 7.54. The number of cyclic esters (lactones) is 1. The fourth-order valence-electron chi connectivity index (χ4n) is 6.45. The summed E-state index contributed by atoms with van der Waals surface area (Å²) in [6.45, 7) is 6.63. The normalized spacial score (nSPS) is 32.8. The zero-order chi connectivity index (χ0) is 21.2. The van der Waals surface area contributed by atoms with Crippen LogP contribution >= 0.6 is 0 Å². The van der Waals surface area contributed by atoms with Crippen LogP contribution in [-0.4, -0.2) is 43.4 Å². The van der Waals surface area contributed by atoms with Gasteiger partial charge in [0.25, 0.3) is 5.91 Å². The highest BCUT2D eigenvalue weighted by atomic mass is 28.3. The molecule has 3 aliphatic carbocycles. The van der Waals surface area contributed by atoms with Crippen LogP contribution in [0.15, 0.2) is 41.1 Å². The van der Waals surface area contributed by atoms with Crippen LogP contribution in [0.5, 0.6) is 0 Å². The molecule has 1 saturated heterocycles. The lowest BCUT2D eigenvalue weighted by atomic mass is 9.78. The van der Waals surface area contributed by atoms with Crippen LogP contribution in [0.25, 0.3) is 0 Å². The predicted molar refractivity (Wildman–Crippen MR) is 115 cm³/mol. The van der Waals surface area contributed by atoms with E-state index in [0.29, 0.717) is 23.8 Å². The summed E-state index contributed by atoms with van der Waals surface area (Å²) in [6, 6.07) is 9.55. The van der Waals surface area contributed by atoms with Gasteiger partial charge in [-0.15, -0.1) is 0 Å². The molecule has 0 unspecified atom stereocenters. The number of ether oxygens (including phenoxy) is 1. The van der Waals surface area contributed by atoms with Crippen molar-refractivity contribution in [2.24, 2.45) is 23.7 Å². The maximum Gasteiger partial charge on any atom is 0.417 e. The molecule has 2 saturated carbocycles. The van der Waals surface area contributed by atoms with Crippen LogP contribution in [0.4, 0.5) is 4.79 Å². The molecule has 0 aromatic heterocycles. The minimum atomic E-state index is -2.05. The maximum absolute atomic E-state index is 13.9. The molecular formula is C24H29NO4Si. The van der Waals surface area contributed by atoms with Crippen molar-refractivity contribution in [2.45, 2.75) is 51.4 Å². The molecule has 0 radical (unpaired) electrons. The summed E-state index contributed by atoms with van der Waals surface area (Å²) in [7, 11) is -2.05. The lowest BCUT2D eigenvalue weighted by molar-refractivity contribution is -0.126. The van der Waals surface area contributed by atoms with E-state index in [9.17, 15) is 14.4 Å². The highest BCUT2D eigenvalue weighted by Crippen LogP contribution is 2.60. The van der Waals surface area contributed by atoms with Crippen LogP contribution in [-0.2, 0) is 20.7 Å². The summed E-state index contributed by atoms with van der Waals surface area (Å²) in [5, 5.41) is 0.789. The van der Waals surface area contributed by atoms with Crippen LogP contribution in [0, 0.1) is 23.7 Å². The molecule has 6 heteroatoms. The van der Waals surface area contributed by atoms with Gasteiger partial charge in [0.2, 0.25) is 0 Å². The number of benzene rings is 1. The lowest BCUT2D eigenvalue weighted by Gasteiger charge is -2.28. The number of nitrogens with zero attached hydrogens (tertiary/aromatic N) is 1. The first-order valence-corrected chi connectivity index (χ1v) is 14.6. The SMILES string of the molecule is C[Si](C)(C)C1=C(C(=O)N2C(=O)OC[C@@H]2Cc2ccccc2)[C@@H]2[C@@H]3CC[C@@H](C3)[C@@H]2C1=O. The average molecular weight is 424 g/mol. The van der Waals surface area contributed by atoms with E-state index >= 15 is 0 Å². The number of hydrogen-bond donors (Lipinski definition) is 0. The summed E-state index contributed by atoms with van der Waals surface area (Å²) in [6.07, 6.45) is 3.24. The van der Waals surface area contributed by atoms with Crippen molar-refractivity contribution in [3.8, 4) is 0 Å². The minimum Gasteiger partial charge on any atom is -0.447 e. The largest absolute Gasteiger partial charge is 0.447 e. The molecular weight excluding hydrogens is 394 g/mol. The minimum absolute atomic E-state index is 0.0104. The average Bonchev–Trinajstić information content (AvgIpc) is 3.44. The highest BCUT2D eigenvalue weighted by molar-refractivity contribution is 6.88. The molecule has 2 amide bonds. The van der Waals surface area contributed by atoms with Crippen LogP contribution < -0.4 is 0 Å². The number of amides is 2. The van der Waals surface area contributed by atoms with E-state index in [1.54, 1.807) is 0 Å². The van der Waals surface area contributed by atoms with E-state index in [1.165, 1.54) is 4.90 Å². The van der Waals surface area contributed by atoms with Crippen molar-refractivity contribution < 1.29 is 19.1 Å². The second-order valence-electron chi connectivity index (χ2n) is 10.4. The van der Waals surface area contributed by atoms with Crippen LogP contribution in [0.3, 0.4) is 0 Å². The van der Waals surface area contributed by atoms with Gasteiger partial charge in [-0.2, -0.15) is 0 Å². The van der Waals surface area contributed by atoms with Gasteiger partial charge in [-0.25, -0.2) is 9.69 Å². The second kappa shape index (κ2) is 6.91. The predicted octanol–water partition coefficient (Wildman–Crippen LogP) is 4.00. The monoisotopic (exact) mass is 423 g/mol. The Morgan fingerprint density at radius 2 is 1.73 bits per heavy atom. The van der Waals surface area contributed by atoms with E-state index in [4.69, 9.17) is 4.74 Å². The molecule has 1 aliphatic heterocycles. The number of allylic oxidation sites excluding steroid dienone is 1. The molecule has 0 N–H and O–H groups in total. The second-order valence-corrected chi connectivity index (χ2v) is 15.4. The Labute approximate surface area is 178 Å². The number of carbonyl (C=O) groups is 3. The molecule has 5 rings (SSSR count). The van der Waals surface area contributed by atoms with Gasteiger partial charge < -0.3 is 4.74 Å². The van der Waals surface area contributed by atoms with Gasteiger partial charge in [0.05, 0.1) is 14.1 Å². The standard InChI is InChI=1S/C24H29NO4Si/c1-30(2,3)22-20(18-15-9-10-16(12-15)19(18)21(22)26)23(27)25-17(13-29-24(25)28)11-14-7-5-4-6-8-14/h4-8,15-19H,9-13H2,1-3H3/t15-,16+,17+,18-,19+/m1/s1. The van der Waals surface area contributed by atoms with Gasteiger partial charge in [0.1, 0.15) is 6.61 Å². The number of rotatable bonds is 4. The molecule has 1 heterocycles. The summed E-state index contributed by atoms with van der Waals surface area (Å²) in [5.74, 6) is 0.746. The number of carbonyl (C=O) groups excluding carboxylic acids is 3. The number of ketones is 1. The summed E-state index contributed by atoms with van der Waals surface area (Å²) >= 11 is 0. The van der Waals surface area contributed by atoms with Gasteiger partial charge in [0.15, 0.2) is 5.78 Å². The van der Waals surface area contributed by atoms with Gasteiger partial charge in [-0.05, 0) is 48.3 Å². The van der Waals surface area contributed by atoms with Gasteiger partial charge in [-0.3, -0.25) is 9.59 Å². The smallest absolute Gasteiger partial charge is 0.417 e. The Kier molecular flexibility index (Phi) is 4.54. The van der Waals surface area contributed by atoms with Crippen LogP contribution in [0.2, 0.25) is 19.6 Å². The summed E-state index contributed by atoms with van der Waals surface area (Å²) in [5.41, 5.74) is 1.74. The van der Waals surface area contributed by atoms with E-state index in [0.717, 1.165) is 30.0 Å². The molecule has 5 atom stereocenters. The molecule has 0 spiro atoms. The molecule has 2 bridgehead atoms. The zero-order valence-corrected chi connectivity index (χ0v) is 18.9. The summed E-state index contributed by atoms with van der Waals surface area (Å²) in [4.78, 5) is 41.4. The van der Waals surface area contributed by atoms with E-state index in [-0.39, 0.29) is 36.2 Å². The summed E-state index contributed by atoms with van der Waals surface area (Å²) < 4.78 is 5.32. The number of Topliss-reactive ketones (excluding diaryl/α,β-unsaturated/α-hetero) is 1. The molecule has 1 aromatic carbocycles. The van der Waals surface area contributed by atoms with Crippen molar-refractivity contribution >= 4 is 25.9 Å². The van der Waals surface area contributed by atoms with Gasteiger partial charge >= 0.3 is 6.09 Å². The Morgan fingerprint density at radius 3 is 2.40 bits per heavy atom. The first-order valence-electron chi connectivity index (χ1n) is 11.1. The van der Waals surface area contributed by atoms with E-state index < -0.39 is 14.2 Å². The third-order valence-corrected chi connectivity index (χ3v) is 9.56. The molecule has 5 nitrogen and oxygen atoms in total. The fourth-order valence-corrected chi connectivity index (χ4v) is 8.44. The van der Waals surface area contributed by atoms with E-state index in [1.807, 2.05) is 30.3 Å². The Balaban J connectivity index is 1.53. The number of fused-ring (bicyclic) bond motifs is 5. The van der Waals surface area contributed by atoms with Gasteiger partial charge in [0, 0.05) is 17.4 Å². The zero-order valence-electron chi connectivity index (χ0n) is 17.9. The van der Waals surface area contributed by atoms with Crippen molar-refractivity contribution in [3.05, 3.63) is 46.7 Å². The van der Waals surface area contributed by atoms with Crippen molar-refractivity contribution in [1.82, 2.24) is 4.90 Å². The molecule has 1 aromatic rings. The quantitative estimate of drug-likeness (QED) is 0.687. The Morgan fingerprint density at radius 1 is 1.07 bits per heavy atom. The lowest BCUT2D eigenvalue weighted by Crippen LogP contribution is -2.43. The van der Waals surface area contributed by atoms with Crippen molar-refractivity contribution in [1.29, 1.82) is 0 Å². The first kappa shape index (κ1) is 19.7.